The van der Waals surface area contributed by atoms with Crippen molar-refractivity contribution in [3.05, 3.63) is 57.2 Å². The highest BCUT2D eigenvalue weighted by atomic mass is 127. The Bertz CT molecular complexity index is 1110. The van der Waals surface area contributed by atoms with Gasteiger partial charge in [0.25, 0.3) is 10.0 Å². The third-order valence-corrected chi connectivity index (χ3v) is 6.83. The predicted molar refractivity (Wildman–Crippen MR) is 134 cm³/mol. The van der Waals surface area contributed by atoms with Crippen LogP contribution in [0.3, 0.4) is 0 Å². The zero-order chi connectivity index (χ0) is 23.7. The van der Waals surface area contributed by atoms with Gasteiger partial charge in [-0.1, -0.05) is 6.07 Å². The maximum atomic E-state index is 12.5. The van der Waals surface area contributed by atoms with Crippen LogP contribution in [0.15, 0.2) is 51.8 Å². The van der Waals surface area contributed by atoms with Crippen molar-refractivity contribution in [2.45, 2.75) is 11.3 Å². The monoisotopic (exact) mass is 571 g/mol. The number of halogens is 1. The molecule has 0 heterocycles. The number of amides is 1. The first-order valence-corrected chi connectivity index (χ1v) is 12.1. The number of ether oxygens (including phenoxy) is 2. The molecule has 10 heteroatoms. The molecule has 32 heavy (non-hydrogen) atoms. The largest absolute Gasteiger partial charge is 0.497 e. The van der Waals surface area contributed by atoms with E-state index in [2.05, 4.69) is 9.71 Å². The van der Waals surface area contributed by atoms with Crippen LogP contribution in [0.5, 0.6) is 11.5 Å². The number of carbonyl (C=O) groups excluding carboxylic acids is 1. The van der Waals surface area contributed by atoms with E-state index in [9.17, 15) is 13.2 Å². The van der Waals surface area contributed by atoms with E-state index in [4.69, 9.17) is 9.47 Å². The molecule has 0 aliphatic carbocycles. The Labute approximate surface area is 202 Å². The molecule has 1 N–H and O–H groups in total. The van der Waals surface area contributed by atoms with Gasteiger partial charge in [-0.3, -0.25) is 4.79 Å². The van der Waals surface area contributed by atoms with Gasteiger partial charge in [-0.25, -0.2) is 0 Å². The van der Waals surface area contributed by atoms with Crippen molar-refractivity contribution < 1.29 is 22.7 Å². The molecular weight excluding hydrogens is 545 g/mol. The Morgan fingerprint density at radius 1 is 1.16 bits per heavy atom. The molecule has 0 aromatic heterocycles. The van der Waals surface area contributed by atoms with Crippen LogP contribution in [0.25, 0.3) is 6.08 Å². The fourth-order valence-electron chi connectivity index (χ4n) is 2.62. The minimum absolute atomic E-state index is 0.145. The number of nitrogens with one attached hydrogen (secondary N) is 1. The molecule has 0 aliphatic rings. The fraction of sp³-hybridized carbons (Fsp3) is 0.273. The average molecular weight is 571 g/mol. The second-order valence-corrected chi connectivity index (χ2v) is 9.67. The van der Waals surface area contributed by atoms with Crippen LogP contribution in [-0.2, 0) is 21.2 Å². The number of rotatable bonds is 10. The average Bonchev–Trinajstić information content (AvgIpc) is 2.77. The number of hydrogen-bond acceptors (Lipinski definition) is 5. The Morgan fingerprint density at radius 3 is 2.56 bits per heavy atom. The van der Waals surface area contributed by atoms with Gasteiger partial charge < -0.3 is 19.7 Å². The minimum atomic E-state index is -3.80. The summed E-state index contributed by atoms with van der Waals surface area (Å²) in [7, 11) is 2.71. The van der Waals surface area contributed by atoms with Crippen LogP contribution in [0, 0.1) is 3.57 Å². The van der Waals surface area contributed by atoms with Gasteiger partial charge in [-0.15, -0.1) is 4.40 Å². The first-order valence-electron chi connectivity index (χ1n) is 9.59. The predicted octanol–water partition coefficient (Wildman–Crippen LogP) is 2.96. The SMILES string of the molecule is COc1ccc(/C=C/C(=O)NCCc2ccc(I)c(S(=O)(=O)/N=C\N(C)C)c2)c(OC)c1. The molecule has 8 nitrogen and oxygen atoms in total. The second-order valence-electron chi connectivity index (χ2n) is 6.91. The summed E-state index contributed by atoms with van der Waals surface area (Å²) in [6.45, 7) is 0.351. The van der Waals surface area contributed by atoms with E-state index in [-0.39, 0.29) is 10.8 Å². The first-order chi connectivity index (χ1) is 15.2. The summed E-state index contributed by atoms with van der Waals surface area (Å²) in [5, 5.41) is 2.80. The van der Waals surface area contributed by atoms with Crippen molar-refractivity contribution in [3.8, 4) is 11.5 Å². The van der Waals surface area contributed by atoms with E-state index >= 15 is 0 Å². The van der Waals surface area contributed by atoms with Gasteiger partial charge in [0.05, 0.1) is 14.2 Å². The summed E-state index contributed by atoms with van der Waals surface area (Å²) in [6, 6.07) is 10.5. The van der Waals surface area contributed by atoms with Crippen LogP contribution in [0.2, 0.25) is 0 Å². The van der Waals surface area contributed by atoms with E-state index in [1.165, 1.54) is 12.4 Å². The third-order valence-electron chi connectivity index (χ3n) is 4.26. The maximum absolute atomic E-state index is 12.5. The molecule has 0 saturated heterocycles. The molecule has 2 aromatic rings. The Kier molecular flexibility index (Phi) is 9.51. The van der Waals surface area contributed by atoms with Crippen molar-refractivity contribution in [2.24, 2.45) is 4.40 Å². The Hall–Kier alpha value is -2.60. The molecule has 0 saturated carbocycles. The van der Waals surface area contributed by atoms with Gasteiger partial charge in [0.1, 0.15) is 22.7 Å². The maximum Gasteiger partial charge on any atom is 0.284 e. The first kappa shape index (κ1) is 25.7. The highest BCUT2D eigenvalue weighted by Gasteiger charge is 2.17. The van der Waals surface area contributed by atoms with E-state index in [0.717, 1.165) is 11.1 Å². The van der Waals surface area contributed by atoms with Gasteiger partial charge >= 0.3 is 0 Å². The molecular formula is C22H26IN3O5S. The van der Waals surface area contributed by atoms with Crippen molar-refractivity contribution in [2.75, 3.05) is 34.9 Å². The molecule has 2 aromatic carbocycles. The molecule has 0 spiro atoms. The molecule has 0 atom stereocenters. The number of carbonyl (C=O) groups is 1. The molecule has 0 radical (unpaired) electrons. The fourth-order valence-corrected chi connectivity index (χ4v) is 4.84. The quantitative estimate of drug-likeness (QED) is 0.204. The van der Waals surface area contributed by atoms with Crippen molar-refractivity contribution >= 4 is 50.9 Å². The van der Waals surface area contributed by atoms with Crippen molar-refractivity contribution in [1.82, 2.24) is 10.2 Å². The molecule has 0 fully saturated rings. The molecule has 0 unspecified atom stereocenters. The topological polar surface area (TPSA) is 97.3 Å². The van der Waals surface area contributed by atoms with Gasteiger partial charge in [-0.2, -0.15) is 8.42 Å². The van der Waals surface area contributed by atoms with Crippen LogP contribution >= 0.6 is 22.6 Å². The van der Waals surface area contributed by atoms with E-state index in [0.29, 0.717) is 28.0 Å². The van der Waals surface area contributed by atoms with Crippen LogP contribution in [-0.4, -0.2) is 60.4 Å². The van der Waals surface area contributed by atoms with Crippen LogP contribution < -0.4 is 14.8 Å². The van der Waals surface area contributed by atoms with Crippen molar-refractivity contribution in [3.63, 3.8) is 0 Å². The molecule has 0 aliphatic heterocycles. The van der Waals surface area contributed by atoms with Crippen LogP contribution in [0.1, 0.15) is 11.1 Å². The van der Waals surface area contributed by atoms with Crippen LogP contribution in [0.4, 0.5) is 0 Å². The molecule has 172 valence electrons. The zero-order valence-corrected chi connectivity index (χ0v) is 21.3. The summed E-state index contributed by atoms with van der Waals surface area (Å²) < 4.78 is 39.7. The van der Waals surface area contributed by atoms with Gasteiger partial charge in [0.15, 0.2) is 0 Å². The van der Waals surface area contributed by atoms with E-state index < -0.39 is 10.0 Å². The number of hydrogen-bond donors (Lipinski definition) is 1. The number of benzene rings is 2. The second kappa shape index (κ2) is 11.9. The minimum Gasteiger partial charge on any atom is -0.497 e. The summed E-state index contributed by atoms with van der Waals surface area (Å²) in [4.78, 5) is 13.9. The number of methoxy groups -OCH3 is 2. The molecule has 1 amide bonds. The standard InChI is InChI=1S/C22H26IN3O5S/c1-26(2)15-25-32(28,29)21-13-16(5-9-19(21)23)11-12-24-22(27)10-7-17-6-8-18(30-3)14-20(17)31-4/h5-10,13-15H,11-12H2,1-4H3,(H,24,27)/b10-7+,25-15-. The highest BCUT2D eigenvalue weighted by molar-refractivity contribution is 14.1. The lowest BCUT2D eigenvalue weighted by molar-refractivity contribution is -0.116. The smallest absolute Gasteiger partial charge is 0.284 e. The summed E-state index contributed by atoms with van der Waals surface area (Å²) >= 11 is 1.97. The number of nitrogens with zero attached hydrogens (tertiary/aromatic N) is 2. The van der Waals surface area contributed by atoms with Gasteiger partial charge in [0.2, 0.25) is 5.91 Å². The zero-order valence-electron chi connectivity index (χ0n) is 18.3. The molecule has 2 rings (SSSR count). The van der Waals surface area contributed by atoms with Gasteiger partial charge in [0, 0.05) is 41.9 Å². The number of sulfonamides is 1. The third kappa shape index (κ3) is 7.52. The van der Waals surface area contributed by atoms with E-state index in [1.807, 2.05) is 28.7 Å². The lowest BCUT2D eigenvalue weighted by Gasteiger charge is -2.08. The summed E-state index contributed by atoms with van der Waals surface area (Å²) in [5.41, 5.74) is 1.53. The lowest BCUT2D eigenvalue weighted by atomic mass is 10.1. The summed E-state index contributed by atoms with van der Waals surface area (Å²) in [5.74, 6) is 0.990. The van der Waals surface area contributed by atoms with Gasteiger partial charge in [-0.05, 0) is 64.9 Å². The molecule has 0 bridgehead atoms. The van der Waals surface area contributed by atoms with E-state index in [1.54, 1.807) is 69.6 Å². The van der Waals surface area contributed by atoms with Crippen molar-refractivity contribution in [1.29, 1.82) is 0 Å². The Morgan fingerprint density at radius 2 is 1.91 bits per heavy atom. The highest BCUT2D eigenvalue weighted by Crippen LogP contribution is 2.25. The normalized spacial score (nSPS) is 11.7. The Balaban J connectivity index is 2.00. The summed E-state index contributed by atoms with van der Waals surface area (Å²) in [6.07, 6.45) is 4.81. The lowest BCUT2D eigenvalue weighted by Crippen LogP contribution is -2.23.